The molecular formula is C28H23F3N8O3. The Kier molecular flexibility index (Phi) is 7.27. The van der Waals surface area contributed by atoms with Crippen molar-refractivity contribution >= 4 is 28.4 Å². The summed E-state index contributed by atoms with van der Waals surface area (Å²) >= 11 is 0. The predicted molar refractivity (Wildman–Crippen MR) is 148 cm³/mol. The molecule has 6 rings (SSSR count). The van der Waals surface area contributed by atoms with Crippen molar-refractivity contribution in [3.8, 4) is 17.2 Å². The van der Waals surface area contributed by atoms with Crippen LogP contribution in [-0.2, 0) is 0 Å². The van der Waals surface area contributed by atoms with Gasteiger partial charge in [0, 0.05) is 48.6 Å². The molecule has 14 heteroatoms. The fraction of sp³-hybridized carbons (Fsp3) is 0.179. The quantitative estimate of drug-likeness (QED) is 0.229. The van der Waals surface area contributed by atoms with Crippen LogP contribution in [0.1, 0.15) is 16.9 Å². The van der Waals surface area contributed by atoms with Gasteiger partial charge in [-0.25, -0.2) is 23.1 Å². The molecule has 1 amide bonds. The third kappa shape index (κ3) is 5.39. The van der Waals surface area contributed by atoms with Gasteiger partial charge in [0.15, 0.2) is 28.7 Å². The van der Waals surface area contributed by atoms with Crippen molar-refractivity contribution in [2.24, 2.45) is 0 Å². The molecule has 4 heterocycles. The highest BCUT2D eigenvalue weighted by Crippen LogP contribution is 2.35. The number of rotatable bonds is 7. The van der Waals surface area contributed by atoms with E-state index in [4.69, 9.17) is 4.74 Å². The molecule has 42 heavy (non-hydrogen) atoms. The minimum Gasteiger partial charge on any atom is -0.453 e. The number of nitrogens with zero attached hydrogens (tertiary/aromatic N) is 4. The molecule has 1 saturated heterocycles. The molecule has 1 aliphatic rings. The largest absolute Gasteiger partial charge is 0.453 e. The zero-order chi connectivity index (χ0) is 29.2. The van der Waals surface area contributed by atoms with Gasteiger partial charge in [-0.3, -0.25) is 19.3 Å². The Bertz CT molecular complexity index is 1830. The van der Waals surface area contributed by atoms with E-state index >= 15 is 4.39 Å². The molecule has 214 valence electrons. The second kappa shape index (κ2) is 11.3. The number of hydrogen-bond donors (Lipinski definition) is 4. The number of nitrogens with one attached hydrogen (secondary N) is 4. The van der Waals surface area contributed by atoms with Crippen molar-refractivity contribution in [1.29, 1.82) is 0 Å². The summed E-state index contributed by atoms with van der Waals surface area (Å²) < 4.78 is 49.8. The summed E-state index contributed by atoms with van der Waals surface area (Å²) in [5.41, 5.74) is -0.423. The van der Waals surface area contributed by atoms with Crippen molar-refractivity contribution in [3.05, 3.63) is 94.8 Å². The zero-order valence-electron chi connectivity index (χ0n) is 21.8. The number of ether oxygens (including phenoxy) is 1. The van der Waals surface area contributed by atoms with Gasteiger partial charge in [0.2, 0.25) is 0 Å². The number of halogens is 3. The van der Waals surface area contributed by atoms with E-state index < -0.39 is 41.0 Å². The van der Waals surface area contributed by atoms with Crippen LogP contribution in [0.4, 0.5) is 24.7 Å². The highest BCUT2D eigenvalue weighted by atomic mass is 19.1. The molecule has 3 aromatic heterocycles. The maximum atomic E-state index is 15.1. The molecule has 2 aromatic carbocycles. The smallest absolute Gasteiger partial charge is 0.286 e. The molecule has 4 N–H and O–H groups in total. The Morgan fingerprint density at radius 2 is 1.88 bits per heavy atom. The number of fused-ring (bicyclic) bond motifs is 1. The number of amides is 1. The van der Waals surface area contributed by atoms with Crippen LogP contribution in [0.15, 0.2) is 71.9 Å². The fourth-order valence-corrected chi connectivity index (χ4v) is 4.61. The normalized spacial score (nSPS) is 16.7. The van der Waals surface area contributed by atoms with Crippen LogP contribution < -0.4 is 26.2 Å². The van der Waals surface area contributed by atoms with Gasteiger partial charge < -0.3 is 20.7 Å². The Hall–Kier alpha value is -5.24. The lowest BCUT2D eigenvalue weighted by atomic mass is 10.0. The van der Waals surface area contributed by atoms with Crippen LogP contribution in [0.5, 0.6) is 11.5 Å². The number of piperidine rings is 1. The number of H-pyrrole nitrogens is 1. The minimum absolute atomic E-state index is 0.0497. The fourth-order valence-electron chi connectivity index (χ4n) is 4.61. The van der Waals surface area contributed by atoms with Gasteiger partial charge in [0.25, 0.3) is 11.5 Å². The Morgan fingerprint density at radius 3 is 2.67 bits per heavy atom. The Morgan fingerprint density at radius 1 is 1.05 bits per heavy atom. The molecule has 0 radical (unpaired) electrons. The lowest BCUT2D eigenvalue weighted by Crippen LogP contribution is -2.45. The van der Waals surface area contributed by atoms with E-state index in [1.807, 2.05) is 0 Å². The molecule has 2 unspecified atom stereocenters. The first-order valence-corrected chi connectivity index (χ1v) is 12.9. The van der Waals surface area contributed by atoms with Crippen LogP contribution in [0.25, 0.3) is 16.7 Å². The molecule has 11 nitrogen and oxygen atoms in total. The van der Waals surface area contributed by atoms with Gasteiger partial charge in [0.1, 0.15) is 23.1 Å². The van der Waals surface area contributed by atoms with Crippen molar-refractivity contribution < 1.29 is 22.7 Å². The number of anilines is 2. The molecular weight excluding hydrogens is 553 g/mol. The van der Waals surface area contributed by atoms with Gasteiger partial charge in [0.05, 0.1) is 6.04 Å². The van der Waals surface area contributed by atoms with Crippen molar-refractivity contribution in [1.82, 2.24) is 30.0 Å². The summed E-state index contributed by atoms with van der Waals surface area (Å²) in [4.78, 5) is 33.8. The molecule has 2 atom stereocenters. The van der Waals surface area contributed by atoms with Gasteiger partial charge in [-0.05, 0) is 49.4 Å². The standard InChI is InChI=1S/C28H23F3N8O3/c29-15-1-4-17(5-2-15)39-12-11-33-24(28(39)41)27(40)35-16-3-6-21(18(30)13-16)42-22-8-10-34-25-23(22)26(38-37-25)36-20-7-9-32-14-19(20)31/h1-6,8,10-13,19-20,32H,7,9,14H2,(H,35,40)(H2,34,36,37,38). The molecule has 0 spiro atoms. The van der Waals surface area contributed by atoms with E-state index in [0.717, 1.165) is 10.6 Å². The first-order valence-electron chi connectivity index (χ1n) is 12.9. The van der Waals surface area contributed by atoms with Crippen LogP contribution in [-0.4, -0.2) is 55.9 Å². The first kappa shape index (κ1) is 27.0. The number of carbonyl (C=O) groups excluding carboxylic acids is 1. The summed E-state index contributed by atoms with van der Waals surface area (Å²) in [5.74, 6) is -1.74. The van der Waals surface area contributed by atoms with Crippen molar-refractivity contribution in [3.63, 3.8) is 0 Å². The lowest BCUT2D eigenvalue weighted by molar-refractivity contribution is 0.102. The third-order valence-electron chi connectivity index (χ3n) is 6.72. The van der Waals surface area contributed by atoms with Gasteiger partial charge >= 0.3 is 0 Å². The number of pyridine rings is 1. The summed E-state index contributed by atoms with van der Waals surface area (Å²) in [7, 11) is 0. The number of benzene rings is 2. The molecule has 0 bridgehead atoms. The number of alkyl halides is 1. The number of aromatic amines is 1. The number of hydrogen-bond acceptors (Lipinski definition) is 8. The average molecular weight is 577 g/mol. The molecule has 1 aliphatic heterocycles. The van der Waals surface area contributed by atoms with E-state index in [-0.39, 0.29) is 23.7 Å². The second-order valence-electron chi connectivity index (χ2n) is 9.49. The lowest BCUT2D eigenvalue weighted by Gasteiger charge is -2.27. The van der Waals surface area contributed by atoms with Crippen LogP contribution in [0, 0.1) is 11.6 Å². The first-order chi connectivity index (χ1) is 20.4. The van der Waals surface area contributed by atoms with Crippen LogP contribution in [0.3, 0.4) is 0 Å². The molecule has 0 aliphatic carbocycles. The highest BCUT2D eigenvalue weighted by Gasteiger charge is 2.26. The summed E-state index contributed by atoms with van der Waals surface area (Å²) in [6, 6.07) is 9.94. The number of aromatic nitrogens is 5. The Labute approximate surface area is 235 Å². The minimum atomic E-state index is -1.12. The van der Waals surface area contributed by atoms with E-state index in [2.05, 4.69) is 36.1 Å². The summed E-state index contributed by atoms with van der Waals surface area (Å²) in [6.45, 7) is 0.876. The van der Waals surface area contributed by atoms with E-state index in [9.17, 15) is 18.4 Å². The van der Waals surface area contributed by atoms with Crippen LogP contribution in [0.2, 0.25) is 0 Å². The highest BCUT2D eigenvalue weighted by molar-refractivity contribution is 6.02. The van der Waals surface area contributed by atoms with E-state index in [0.29, 0.717) is 35.5 Å². The maximum Gasteiger partial charge on any atom is 0.286 e. The van der Waals surface area contributed by atoms with Crippen molar-refractivity contribution in [2.75, 3.05) is 23.7 Å². The van der Waals surface area contributed by atoms with Crippen molar-refractivity contribution in [2.45, 2.75) is 18.6 Å². The third-order valence-corrected chi connectivity index (χ3v) is 6.72. The predicted octanol–water partition coefficient (Wildman–Crippen LogP) is 3.94. The second-order valence-corrected chi connectivity index (χ2v) is 9.49. The number of carbonyl (C=O) groups is 1. The molecule has 0 saturated carbocycles. The topological polar surface area (TPSA) is 139 Å². The zero-order valence-corrected chi connectivity index (χ0v) is 21.8. The maximum absolute atomic E-state index is 15.1. The molecule has 1 fully saturated rings. The SMILES string of the molecule is O=C(Nc1ccc(Oc2ccnc3[nH]nc(NC4CCNCC4F)c23)c(F)c1)c1nccn(-c2ccc(F)cc2)c1=O. The van der Waals surface area contributed by atoms with Crippen LogP contribution >= 0.6 is 0 Å². The van der Waals surface area contributed by atoms with E-state index in [1.165, 1.54) is 61.1 Å². The summed E-state index contributed by atoms with van der Waals surface area (Å²) in [5, 5.41) is 15.9. The monoisotopic (exact) mass is 576 g/mol. The van der Waals surface area contributed by atoms with Gasteiger partial charge in [-0.15, -0.1) is 0 Å². The van der Waals surface area contributed by atoms with Gasteiger partial charge in [-0.1, -0.05) is 0 Å². The summed E-state index contributed by atoms with van der Waals surface area (Å²) in [6.07, 6.45) is 3.48. The average Bonchev–Trinajstić information content (AvgIpc) is 3.40. The van der Waals surface area contributed by atoms with E-state index in [1.54, 1.807) is 0 Å². The Balaban J connectivity index is 1.21. The van der Waals surface area contributed by atoms with Gasteiger partial charge in [-0.2, -0.15) is 5.10 Å². The molecule has 5 aromatic rings.